The normalized spacial score (nSPS) is 27.7. The molecule has 3 fully saturated rings. The van der Waals surface area contributed by atoms with Crippen molar-refractivity contribution in [3.8, 4) is 0 Å². The predicted molar refractivity (Wildman–Crippen MR) is 146 cm³/mol. The number of alkyl halides is 3. The van der Waals surface area contributed by atoms with Crippen LogP contribution in [0.4, 0.5) is 13.2 Å². The van der Waals surface area contributed by atoms with E-state index in [1.165, 1.54) is 4.90 Å². The Balaban J connectivity index is 1.49. The summed E-state index contributed by atoms with van der Waals surface area (Å²) in [5.74, 6) is -1.98. The van der Waals surface area contributed by atoms with Gasteiger partial charge >= 0.3 is 12.1 Å². The van der Waals surface area contributed by atoms with Gasteiger partial charge < -0.3 is 10.0 Å². The fourth-order valence-corrected chi connectivity index (χ4v) is 7.87. The summed E-state index contributed by atoms with van der Waals surface area (Å²) in [7, 11) is 0. The van der Waals surface area contributed by atoms with Gasteiger partial charge in [0.2, 0.25) is 0 Å². The lowest BCUT2D eigenvalue weighted by Gasteiger charge is -2.35. The molecule has 3 unspecified atom stereocenters. The number of Topliss-reactive ketones (excluding diaryl/α,β-unsaturated/α-hetero) is 1. The van der Waals surface area contributed by atoms with E-state index < -0.39 is 53.1 Å². The summed E-state index contributed by atoms with van der Waals surface area (Å²) in [5, 5.41) is 13.8. The van der Waals surface area contributed by atoms with Crippen LogP contribution in [0.25, 0.3) is 0 Å². The van der Waals surface area contributed by atoms with E-state index in [2.05, 4.69) is 5.10 Å². The molecule has 0 aliphatic heterocycles. The van der Waals surface area contributed by atoms with Gasteiger partial charge in [-0.1, -0.05) is 29.6 Å². The standard InChI is InChI=1S/C29H32Cl2F3N3O4/c1-15-9-20(30)24(21(31)10-15)23(38)14-36(22-12-16-3-4-17(22)11-16)26(39)19-13-35-37(25(19)29(32,33)34)18-5-7-28(2,8-6-18)27(40)41/h9-10,13,16-18,22H,3-8,11-12,14H2,1-2H3,(H,40,41). The van der Waals surface area contributed by atoms with Crippen molar-refractivity contribution >= 4 is 40.9 Å². The van der Waals surface area contributed by atoms with E-state index >= 15 is 0 Å². The molecule has 0 saturated heterocycles. The zero-order chi connectivity index (χ0) is 29.9. The Hall–Kier alpha value is -2.59. The maximum atomic E-state index is 14.6. The SMILES string of the molecule is Cc1cc(Cl)c(C(=O)CN(C(=O)c2cnn(C3CCC(C)(C(=O)O)CC3)c2C(F)(F)F)C2CC3CCC2C3)c(Cl)c1. The van der Waals surface area contributed by atoms with E-state index in [0.717, 1.165) is 35.7 Å². The topological polar surface area (TPSA) is 92.5 Å². The lowest BCUT2D eigenvalue weighted by atomic mass is 9.74. The first-order valence-corrected chi connectivity index (χ1v) is 14.6. The molecule has 1 amide bonds. The van der Waals surface area contributed by atoms with Crippen molar-refractivity contribution in [3.05, 3.63) is 50.8 Å². The second kappa shape index (κ2) is 10.9. The molecule has 12 heteroatoms. The van der Waals surface area contributed by atoms with Crippen LogP contribution in [0.3, 0.4) is 0 Å². The molecular formula is C29H32Cl2F3N3O4. The van der Waals surface area contributed by atoms with Crippen molar-refractivity contribution in [2.75, 3.05) is 6.54 Å². The molecule has 5 rings (SSSR count). The number of aliphatic carboxylic acids is 1. The zero-order valence-corrected chi connectivity index (χ0v) is 24.3. The molecule has 3 atom stereocenters. The molecule has 3 aliphatic rings. The number of nitrogens with zero attached hydrogens (tertiary/aromatic N) is 3. The van der Waals surface area contributed by atoms with Crippen LogP contribution in [0.15, 0.2) is 18.3 Å². The molecule has 0 radical (unpaired) electrons. The quantitative estimate of drug-likeness (QED) is 0.332. The average Bonchev–Trinajstić information content (AvgIpc) is 3.62. The van der Waals surface area contributed by atoms with E-state index in [0.29, 0.717) is 12.3 Å². The maximum absolute atomic E-state index is 14.6. The number of hydrogen-bond acceptors (Lipinski definition) is 4. The molecule has 2 bridgehead atoms. The summed E-state index contributed by atoms with van der Waals surface area (Å²) in [6, 6.07) is 2.07. The fraction of sp³-hybridized carbons (Fsp3) is 0.586. The van der Waals surface area contributed by atoms with Crippen LogP contribution in [-0.2, 0) is 11.0 Å². The summed E-state index contributed by atoms with van der Waals surface area (Å²) in [6.45, 7) is 2.89. The zero-order valence-electron chi connectivity index (χ0n) is 22.8. The molecule has 1 N–H and O–H groups in total. The van der Waals surface area contributed by atoms with Crippen LogP contribution in [0.1, 0.15) is 96.3 Å². The van der Waals surface area contributed by atoms with Gasteiger partial charge in [0, 0.05) is 6.04 Å². The molecule has 7 nitrogen and oxygen atoms in total. The van der Waals surface area contributed by atoms with E-state index in [4.69, 9.17) is 23.2 Å². The molecule has 222 valence electrons. The van der Waals surface area contributed by atoms with Crippen molar-refractivity contribution in [1.82, 2.24) is 14.7 Å². The van der Waals surface area contributed by atoms with Crippen LogP contribution >= 0.6 is 23.2 Å². The molecule has 3 saturated carbocycles. The first-order valence-electron chi connectivity index (χ1n) is 13.9. The van der Waals surface area contributed by atoms with Crippen LogP contribution in [-0.4, -0.2) is 50.0 Å². The molecular weight excluding hydrogens is 582 g/mol. The number of benzene rings is 1. The van der Waals surface area contributed by atoms with Crippen molar-refractivity contribution in [1.29, 1.82) is 0 Å². The van der Waals surface area contributed by atoms with Gasteiger partial charge in [-0.15, -0.1) is 0 Å². The number of aromatic nitrogens is 2. The van der Waals surface area contributed by atoms with Gasteiger partial charge in [0.05, 0.1) is 45.4 Å². The number of carboxylic acid groups (broad SMARTS) is 1. The number of carboxylic acids is 1. The third kappa shape index (κ3) is 5.61. The summed E-state index contributed by atoms with van der Waals surface area (Å²) in [6.07, 6.45) is 0.102. The molecule has 41 heavy (non-hydrogen) atoms. The number of ketones is 1. The van der Waals surface area contributed by atoms with E-state index in [1.807, 2.05) is 0 Å². The van der Waals surface area contributed by atoms with Crippen molar-refractivity contribution in [3.63, 3.8) is 0 Å². The van der Waals surface area contributed by atoms with Gasteiger partial charge in [0.1, 0.15) is 0 Å². The van der Waals surface area contributed by atoms with Crippen LogP contribution in [0, 0.1) is 24.2 Å². The van der Waals surface area contributed by atoms with E-state index in [1.54, 1.807) is 26.0 Å². The molecule has 3 aliphatic carbocycles. The third-order valence-electron chi connectivity index (χ3n) is 9.36. The first kappa shape index (κ1) is 29.9. The molecule has 1 aromatic heterocycles. The number of carbonyl (C=O) groups excluding carboxylic acids is 2. The van der Waals surface area contributed by atoms with Crippen molar-refractivity contribution in [2.24, 2.45) is 17.3 Å². The number of carbonyl (C=O) groups is 3. The minimum Gasteiger partial charge on any atom is -0.481 e. The Labute approximate surface area is 246 Å². The van der Waals surface area contributed by atoms with E-state index in [-0.39, 0.29) is 53.3 Å². The van der Waals surface area contributed by atoms with Crippen LogP contribution in [0.5, 0.6) is 0 Å². The molecule has 1 heterocycles. The van der Waals surface area contributed by atoms with Gasteiger partial charge in [0.25, 0.3) is 5.91 Å². The highest BCUT2D eigenvalue weighted by Crippen LogP contribution is 2.48. The summed E-state index contributed by atoms with van der Waals surface area (Å²) in [5.41, 5.74) is -2.02. The minimum absolute atomic E-state index is 0.0373. The molecule has 1 aromatic carbocycles. The highest BCUT2D eigenvalue weighted by Gasteiger charge is 2.48. The second-order valence-corrected chi connectivity index (χ2v) is 13.0. The van der Waals surface area contributed by atoms with Crippen LogP contribution in [0.2, 0.25) is 10.0 Å². The Morgan fingerprint density at radius 1 is 1.10 bits per heavy atom. The predicted octanol–water partition coefficient (Wildman–Crippen LogP) is 7.24. The monoisotopic (exact) mass is 613 g/mol. The Morgan fingerprint density at radius 3 is 2.24 bits per heavy atom. The smallest absolute Gasteiger partial charge is 0.433 e. The van der Waals surface area contributed by atoms with E-state index in [9.17, 15) is 32.7 Å². The number of amides is 1. The number of aryl methyl sites for hydroxylation is 1. The summed E-state index contributed by atoms with van der Waals surface area (Å²) in [4.78, 5) is 40.5. The van der Waals surface area contributed by atoms with Crippen LogP contribution < -0.4 is 0 Å². The third-order valence-corrected chi connectivity index (χ3v) is 9.95. The summed E-state index contributed by atoms with van der Waals surface area (Å²) >= 11 is 12.7. The van der Waals surface area contributed by atoms with Crippen molar-refractivity contribution in [2.45, 2.75) is 83.5 Å². The second-order valence-electron chi connectivity index (χ2n) is 12.1. The average molecular weight is 614 g/mol. The highest BCUT2D eigenvalue weighted by atomic mass is 35.5. The van der Waals surface area contributed by atoms with Gasteiger partial charge in [-0.25, -0.2) is 0 Å². The van der Waals surface area contributed by atoms with Gasteiger partial charge in [-0.3, -0.25) is 19.1 Å². The number of rotatable bonds is 7. The fourth-order valence-electron chi connectivity index (χ4n) is 7.06. The Kier molecular flexibility index (Phi) is 7.96. The number of fused-ring (bicyclic) bond motifs is 2. The maximum Gasteiger partial charge on any atom is 0.433 e. The van der Waals surface area contributed by atoms with Crippen molar-refractivity contribution < 1.29 is 32.7 Å². The van der Waals surface area contributed by atoms with Gasteiger partial charge in [-0.2, -0.15) is 18.3 Å². The Bertz CT molecular complexity index is 1360. The van der Waals surface area contributed by atoms with Gasteiger partial charge in [0.15, 0.2) is 11.5 Å². The van der Waals surface area contributed by atoms with Gasteiger partial charge in [-0.05, 0) is 88.3 Å². The summed E-state index contributed by atoms with van der Waals surface area (Å²) < 4.78 is 44.6. The minimum atomic E-state index is -4.90. The highest BCUT2D eigenvalue weighted by molar-refractivity contribution is 6.40. The molecule has 2 aromatic rings. The lowest BCUT2D eigenvalue weighted by Crippen LogP contribution is -2.46. The first-order chi connectivity index (χ1) is 19.2. The molecule has 0 spiro atoms. The largest absolute Gasteiger partial charge is 0.481 e. The Morgan fingerprint density at radius 2 is 1.73 bits per heavy atom. The lowest BCUT2D eigenvalue weighted by molar-refractivity contribution is -0.152. The number of hydrogen-bond donors (Lipinski definition) is 1. The number of halogens is 5.